The summed E-state index contributed by atoms with van der Waals surface area (Å²) in [6.07, 6.45) is 0. The molecule has 0 radical (unpaired) electrons. The number of rotatable bonds is 6. The molecule has 3 rings (SSSR count). The fourth-order valence-electron chi connectivity index (χ4n) is 2.28. The molecule has 0 unspecified atom stereocenters. The third-order valence-electron chi connectivity index (χ3n) is 3.36. The number of halogens is 1. The fraction of sp³-hybridized carbons (Fsp3) is 0.118. The van der Waals surface area contributed by atoms with Crippen LogP contribution >= 0.6 is 23.4 Å². The van der Waals surface area contributed by atoms with E-state index in [0.29, 0.717) is 22.5 Å². The number of benzene rings is 2. The first-order valence-corrected chi connectivity index (χ1v) is 8.64. The largest absolute Gasteiger partial charge is 0.369 e. The molecule has 0 aliphatic heterocycles. The maximum absolute atomic E-state index is 11.1. The molecule has 0 fully saturated rings. The van der Waals surface area contributed by atoms with E-state index >= 15 is 0 Å². The van der Waals surface area contributed by atoms with Gasteiger partial charge in [0.2, 0.25) is 5.91 Å². The predicted molar refractivity (Wildman–Crippen MR) is 95.9 cm³/mol. The van der Waals surface area contributed by atoms with Crippen molar-refractivity contribution in [1.29, 1.82) is 0 Å². The van der Waals surface area contributed by atoms with Gasteiger partial charge < -0.3 is 5.73 Å². The lowest BCUT2D eigenvalue weighted by Crippen LogP contribution is -2.14. The van der Waals surface area contributed by atoms with Crippen molar-refractivity contribution in [3.8, 4) is 11.4 Å². The number of amides is 1. The Morgan fingerprint density at radius 2 is 1.79 bits per heavy atom. The van der Waals surface area contributed by atoms with Gasteiger partial charge in [0.25, 0.3) is 0 Å². The SMILES string of the molecule is NC(=O)CSc1nnc(-c2ccccc2Cl)n1Cc1ccccc1. The molecule has 2 aromatic carbocycles. The summed E-state index contributed by atoms with van der Waals surface area (Å²) >= 11 is 7.58. The van der Waals surface area contributed by atoms with E-state index in [0.717, 1.165) is 11.1 Å². The van der Waals surface area contributed by atoms with Gasteiger partial charge in [0.05, 0.1) is 17.3 Å². The van der Waals surface area contributed by atoms with Gasteiger partial charge in [-0.05, 0) is 17.7 Å². The van der Waals surface area contributed by atoms with Crippen molar-refractivity contribution in [2.24, 2.45) is 5.73 Å². The van der Waals surface area contributed by atoms with Crippen LogP contribution in [-0.4, -0.2) is 26.4 Å². The molecule has 1 aromatic heterocycles. The van der Waals surface area contributed by atoms with Crippen LogP contribution in [0.3, 0.4) is 0 Å². The van der Waals surface area contributed by atoms with Crippen LogP contribution in [0.15, 0.2) is 59.8 Å². The van der Waals surface area contributed by atoms with Crippen LogP contribution in [0.5, 0.6) is 0 Å². The monoisotopic (exact) mass is 358 g/mol. The van der Waals surface area contributed by atoms with E-state index in [1.54, 1.807) is 0 Å². The van der Waals surface area contributed by atoms with Gasteiger partial charge in [0, 0.05) is 5.56 Å². The van der Waals surface area contributed by atoms with Crippen LogP contribution in [-0.2, 0) is 11.3 Å². The van der Waals surface area contributed by atoms with E-state index < -0.39 is 5.91 Å². The summed E-state index contributed by atoms with van der Waals surface area (Å²) in [6, 6.07) is 17.5. The lowest BCUT2D eigenvalue weighted by atomic mass is 10.2. The normalized spacial score (nSPS) is 10.7. The predicted octanol–water partition coefficient (Wildman–Crippen LogP) is 3.22. The van der Waals surface area contributed by atoms with Crippen LogP contribution in [0.25, 0.3) is 11.4 Å². The molecule has 5 nitrogen and oxygen atoms in total. The third-order valence-corrected chi connectivity index (χ3v) is 4.68. The molecule has 0 atom stereocenters. The summed E-state index contributed by atoms with van der Waals surface area (Å²) in [5, 5.41) is 9.72. The second kappa shape index (κ2) is 7.51. The molecule has 0 aliphatic rings. The van der Waals surface area contributed by atoms with Gasteiger partial charge in [0.15, 0.2) is 11.0 Å². The molecule has 0 aliphatic carbocycles. The Morgan fingerprint density at radius 1 is 1.08 bits per heavy atom. The van der Waals surface area contributed by atoms with Gasteiger partial charge in [-0.3, -0.25) is 9.36 Å². The first-order chi connectivity index (χ1) is 11.6. The number of primary amides is 1. The summed E-state index contributed by atoms with van der Waals surface area (Å²) < 4.78 is 1.95. The van der Waals surface area contributed by atoms with Crippen molar-refractivity contribution in [2.75, 3.05) is 5.75 Å². The van der Waals surface area contributed by atoms with Crippen molar-refractivity contribution in [3.05, 3.63) is 65.2 Å². The molecule has 2 N–H and O–H groups in total. The Kier molecular flexibility index (Phi) is 5.17. The molecule has 3 aromatic rings. The Bertz CT molecular complexity index is 851. The fourth-order valence-corrected chi connectivity index (χ4v) is 3.18. The quantitative estimate of drug-likeness (QED) is 0.686. The van der Waals surface area contributed by atoms with E-state index in [9.17, 15) is 4.79 Å². The smallest absolute Gasteiger partial charge is 0.227 e. The Hall–Kier alpha value is -2.31. The molecule has 1 heterocycles. The molecule has 122 valence electrons. The van der Waals surface area contributed by atoms with E-state index in [1.165, 1.54) is 11.8 Å². The molecule has 7 heteroatoms. The van der Waals surface area contributed by atoms with E-state index in [4.69, 9.17) is 17.3 Å². The molecular weight excluding hydrogens is 344 g/mol. The Morgan fingerprint density at radius 3 is 2.50 bits per heavy atom. The number of carbonyl (C=O) groups is 1. The summed E-state index contributed by atoms with van der Waals surface area (Å²) in [5.74, 6) is 0.417. The summed E-state index contributed by atoms with van der Waals surface area (Å²) in [7, 11) is 0. The van der Waals surface area contributed by atoms with Crippen LogP contribution in [0, 0.1) is 0 Å². The highest BCUT2D eigenvalue weighted by Gasteiger charge is 2.17. The van der Waals surface area contributed by atoms with Gasteiger partial charge in [0.1, 0.15) is 0 Å². The molecular formula is C17H15ClN4OS. The first-order valence-electron chi connectivity index (χ1n) is 7.28. The molecule has 1 amide bonds. The van der Waals surface area contributed by atoms with Crippen molar-refractivity contribution in [2.45, 2.75) is 11.7 Å². The van der Waals surface area contributed by atoms with Gasteiger partial charge in [-0.15, -0.1) is 10.2 Å². The average Bonchev–Trinajstić information content (AvgIpc) is 2.97. The number of aromatic nitrogens is 3. The van der Waals surface area contributed by atoms with Crippen LogP contribution in [0.1, 0.15) is 5.56 Å². The van der Waals surface area contributed by atoms with Crippen LogP contribution in [0.2, 0.25) is 5.02 Å². The molecule has 0 spiro atoms. The minimum Gasteiger partial charge on any atom is -0.369 e. The molecule has 24 heavy (non-hydrogen) atoms. The van der Waals surface area contributed by atoms with Gasteiger partial charge in [-0.1, -0.05) is 65.8 Å². The standard InChI is InChI=1S/C17H15ClN4OS/c18-14-9-5-4-8-13(14)16-20-21-17(24-11-15(19)23)22(16)10-12-6-2-1-3-7-12/h1-9H,10-11H2,(H2,19,23). The Balaban J connectivity index is 2.02. The summed E-state index contributed by atoms with van der Waals surface area (Å²) in [4.78, 5) is 11.1. The third kappa shape index (κ3) is 3.77. The van der Waals surface area contributed by atoms with Gasteiger partial charge >= 0.3 is 0 Å². The second-order valence-electron chi connectivity index (χ2n) is 5.11. The lowest BCUT2D eigenvalue weighted by Gasteiger charge is -2.11. The van der Waals surface area contributed by atoms with E-state index in [1.807, 2.05) is 59.2 Å². The maximum Gasteiger partial charge on any atom is 0.227 e. The minimum atomic E-state index is -0.395. The highest BCUT2D eigenvalue weighted by Crippen LogP contribution is 2.29. The number of nitrogens with zero attached hydrogens (tertiary/aromatic N) is 3. The molecule has 0 saturated heterocycles. The number of hydrogen-bond acceptors (Lipinski definition) is 4. The zero-order chi connectivity index (χ0) is 16.9. The number of thioether (sulfide) groups is 1. The number of carbonyl (C=O) groups excluding carboxylic acids is 1. The van der Waals surface area contributed by atoms with Crippen molar-refractivity contribution >= 4 is 29.3 Å². The minimum absolute atomic E-state index is 0.148. The molecule has 0 bridgehead atoms. The maximum atomic E-state index is 11.1. The van der Waals surface area contributed by atoms with Crippen molar-refractivity contribution < 1.29 is 4.79 Å². The molecule has 0 saturated carbocycles. The zero-order valence-corrected chi connectivity index (χ0v) is 14.3. The highest BCUT2D eigenvalue weighted by atomic mass is 35.5. The Labute approximate surface area is 148 Å². The van der Waals surface area contributed by atoms with Gasteiger partial charge in [-0.25, -0.2) is 0 Å². The van der Waals surface area contributed by atoms with Crippen molar-refractivity contribution in [1.82, 2.24) is 14.8 Å². The van der Waals surface area contributed by atoms with Crippen molar-refractivity contribution in [3.63, 3.8) is 0 Å². The summed E-state index contributed by atoms with van der Waals surface area (Å²) in [5.41, 5.74) is 7.15. The average molecular weight is 359 g/mol. The number of nitrogens with two attached hydrogens (primary N) is 1. The van der Waals surface area contributed by atoms with Crippen LogP contribution < -0.4 is 5.73 Å². The summed E-state index contributed by atoms with van der Waals surface area (Å²) in [6.45, 7) is 0.579. The topological polar surface area (TPSA) is 73.8 Å². The van der Waals surface area contributed by atoms with E-state index in [2.05, 4.69) is 10.2 Å². The van der Waals surface area contributed by atoms with Gasteiger partial charge in [-0.2, -0.15) is 0 Å². The highest BCUT2D eigenvalue weighted by molar-refractivity contribution is 7.99. The second-order valence-corrected chi connectivity index (χ2v) is 6.46. The zero-order valence-electron chi connectivity index (χ0n) is 12.7. The first kappa shape index (κ1) is 16.5. The number of hydrogen-bond donors (Lipinski definition) is 1. The van der Waals surface area contributed by atoms with E-state index in [-0.39, 0.29) is 5.75 Å². The lowest BCUT2D eigenvalue weighted by molar-refractivity contribution is -0.115. The van der Waals surface area contributed by atoms with Crippen LogP contribution in [0.4, 0.5) is 0 Å².